The Hall–Kier alpha value is -1.96. The standard InChI is InChI=1S/C9H13N.C9H12O.4C3H8/c2*1-3-8-4-6-9(10-2)7-5-8;4*1-3-2/h4-7,10H,3H2,1-2H3;4-7H,3H2,1-2H3;4*3H2,1-2H3. The molecule has 0 saturated carbocycles. The maximum Gasteiger partial charge on any atom is 0.118 e. The van der Waals surface area contributed by atoms with E-state index in [0.29, 0.717) is 0 Å². The maximum absolute atomic E-state index is 5.01. The molecule has 0 unspecified atom stereocenters. The first-order chi connectivity index (χ1) is 15.4. The average Bonchev–Trinajstić information content (AvgIpc) is 2.82. The summed E-state index contributed by atoms with van der Waals surface area (Å²) in [6.45, 7) is 21.3. The lowest BCUT2D eigenvalue weighted by Gasteiger charge is -1.99. The molecule has 0 aromatic heterocycles. The van der Waals surface area contributed by atoms with E-state index in [0.717, 1.165) is 18.6 Å². The largest absolute Gasteiger partial charge is 0.497 e. The molecule has 0 heterocycles. The van der Waals surface area contributed by atoms with Crippen LogP contribution in [0.25, 0.3) is 0 Å². The smallest absolute Gasteiger partial charge is 0.118 e. The average molecular weight is 448 g/mol. The van der Waals surface area contributed by atoms with E-state index in [9.17, 15) is 0 Å². The number of hydrogen-bond donors (Lipinski definition) is 1. The number of methoxy groups -OCH3 is 1. The van der Waals surface area contributed by atoms with E-state index in [4.69, 9.17) is 4.74 Å². The van der Waals surface area contributed by atoms with Gasteiger partial charge in [-0.1, -0.05) is 119 Å². The number of aryl methyl sites for hydroxylation is 2. The lowest BCUT2D eigenvalue weighted by molar-refractivity contribution is 0.414. The zero-order valence-corrected chi connectivity index (χ0v) is 23.8. The number of benzene rings is 2. The van der Waals surface area contributed by atoms with Crippen LogP contribution in [0.4, 0.5) is 5.69 Å². The minimum atomic E-state index is 0.928. The molecule has 0 atom stereocenters. The van der Waals surface area contributed by atoms with Gasteiger partial charge in [-0.05, 0) is 48.2 Å². The summed E-state index contributed by atoms with van der Waals surface area (Å²) in [5, 5.41) is 3.08. The normalized spacial score (nSPS) is 8.12. The van der Waals surface area contributed by atoms with E-state index >= 15 is 0 Å². The van der Waals surface area contributed by atoms with E-state index in [1.807, 2.05) is 19.2 Å². The maximum atomic E-state index is 5.01. The molecule has 2 aromatic carbocycles. The molecule has 188 valence electrons. The number of anilines is 1. The van der Waals surface area contributed by atoms with Gasteiger partial charge in [-0.25, -0.2) is 0 Å². The van der Waals surface area contributed by atoms with Gasteiger partial charge >= 0.3 is 0 Å². The zero-order chi connectivity index (χ0) is 25.6. The van der Waals surface area contributed by atoms with Crippen molar-refractivity contribution in [1.29, 1.82) is 0 Å². The summed E-state index contributed by atoms with van der Waals surface area (Å²) in [7, 11) is 3.61. The van der Waals surface area contributed by atoms with Crippen molar-refractivity contribution < 1.29 is 4.74 Å². The van der Waals surface area contributed by atoms with Crippen molar-refractivity contribution in [3.05, 3.63) is 59.7 Å². The highest BCUT2D eigenvalue weighted by atomic mass is 16.5. The molecule has 0 saturated heterocycles. The molecular weight excluding hydrogens is 390 g/mol. The van der Waals surface area contributed by atoms with Crippen molar-refractivity contribution >= 4 is 5.69 Å². The van der Waals surface area contributed by atoms with Gasteiger partial charge < -0.3 is 10.1 Å². The molecule has 0 aliphatic carbocycles. The van der Waals surface area contributed by atoms with Crippen LogP contribution >= 0.6 is 0 Å². The van der Waals surface area contributed by atoms with E-state index in [-0.39, 0.29) is 0 Å². The minimum absolute atomic E-state index is 0.928. The van der Waals surface area contributed by atoms with Crippen molar-refractivity contribution in [2.24, 2.45) is 0 Å². The molecule has 1 N–H and O–H groups in total. The fourth-order valence-corrected chi connectivity index (χ4v) is 1.77. The van der Waals surface area contributed by atoms with Crippen LogP contribution in [0.15, 0.2) is 48.5 Å². The predicted octanol–water partition coefficient (Wildman–Crippen LogP) is 10.2. The first kappa shape index (κ1) is 37.4. The van der Waals surface area contributed by atoms with Gasteiger partial charge in [-0.3, -0.25) is 0 Å². The number of hydrogen-bond acceptors (Lipinski definition) is 2. The van der Waals surface area contributed by atoms with Gasteiger partial charge in [-0.15, -0.1) is 0 Å². The SMILES string of the molecule is CCC.CCC.CCC.CCC.CCc1ccc(NC)cc1.CCc1ccc(OC)cc1. The third-order valence-corrected chi connectivity index (χ3v) is 3.22. The Labute approximate surface area is 203 Å². The van der Waals surface area contributed by atoms with Crippen LogP contribution in [0.2, 0.25) is 0 Å². The van der Waals surface area contributed by atoms with E-state index < -0.39 is 0 Å². The van der Waals surface area contributed by atoms with Crippen molar-refractivity contribution in [3.63, 3.8) is 0 Å². The Kier molecular flexibility index (Phi) is 39.3. The van der Waals surface area contributed by atoms with E-state index in [1.54, 1.807) is 7.11 Å². The summed E-state index contributed by atoms with van der Waals surface area (Å²) in [6.07, 6.45) is 7.20. The fraction of sp³-hybridized carbons (Fsp3) is 0.600. The summed E-state index contributed by atoms with van der Waals surface area (Å²) in [5.74, 6) is 0.928. The Balaban J connectivity index is -0.000000166. The Morgan fingerprint density at radius 3 is 1.03 bits per heavy atom. The molecule has 2 nitrogen and oxygen atoms in total. The lowest BCUT2D eigenvalue weighted by Crippen LogP contribution is -1.87. The van der Waals surface area contributed by atoms with Crippen LogP contribution in [0.1, 0.15) is 106 Å². The van der Waals surface area contributed by atoms with Crippen LogP contribution in [0.5, 0.6) is 5.75 Å². The van der Waals surface area contributed by atoms with Crippen LogP contribution < -0.4 is 10.1 Å². The van der Waals surface area contributed by atoms with Gasteiger partial charge in [0.05, 0.1) is 7.11 Å². The lowest BCUT2D eigenvalue weighted by atomic mass is 10.1. The fourth-order valence-electron chi connectivity index (χ4n) is 1.77. The summed E-state index contributed by atoms with van der Waals surface area (Å²) in [4.78, 5) is 0. The highest BCUT2D eigenvalue weighted by Crippen LogP contribution is 2.11. The van der Waals surface area contributed by atoms with Crippen LogP contribution in [-0.4, -0.2) is 14.2 Å². The van der Waals surface area contributed by atoms with Crippen molar-refractivity contribution in [2.45, 2.75) is 108 Å². The predicted molar refractivity (Wildman–Crippen MR) is 152 cm³/mol. The molecule has 0 radical (unpaired) electrons. The highest BCUT2D eigenvalue weighted by Gasteiger charge is 1.89. The van der Waals surface area contributed by atoms with Gasteiger partial charge in [0.2, 0.25) is 0 Å². The molecule has 0 fully saturated rings. The Morgan fingerprint density at radius 1 is 0.531 bits per heavy atom. The highest BCUT2D eigenvalue weighted by molar-refractivity contribution is 5.43. The first-order valence-corrected chi connectivity index (χ1v) is 12.8. The number of ether oxygens (including phenoxy) is 1. The van der Waals surface area contributed by atoms with Crippen molar-refractivity contribution in [1.82, 2.24) is 0 Å². The molecular formula is C30H57NO. The molecule has 2 aromatic rings. The van der Waals surface area contributed by atoms with Gasteiger partial charge in [0.25, 0.3) is 0 Å². The molecule has 0 amide bonds. The summed E-state index contributed by atoms with van der Waals surface area (Å²) in [5.41, 5.74) is 3.91. The van der Waals surface area contributed by atoms with Crippen LogP contribution in [0, 0.1) is 0 Å². The zero-order valence-electron chi connectivity index (χ0n) is 23.8. The Bertz CT molecular complexity index is 430. The molecule has 0 spiro atoms. The van der Waals surface area contributed by atoms with Gasteiger partial charge in [0.15, 0.2) is 0 Å². The summed E-state index contributed by atoms with van der Waals surface area (Å²) < 4.78 is 5.01. The molecule has 0 aliphatic heterocycles. The van der Waals surface area contributed by atoms with Crippen LogP contribution in [-0.2, 0) is 12.8 Å². The summed E-state index contributed by atoms with van der Waals surface area (Å²) in [6, 6.07) is 16.6. The van der Waals surface area contributed by atoms with Crippen LogP contribution in [0.3, 0.4) is 0 Å². The number of nitrogens with one attached hydrogen (secondary N) is 1. The minimum Gasteiger partial charge on any atom is -0.497 e. The Morgan fingerprint density at radius 2 is 0.812 bits per heavy atom. The van der Waals surface area contributed by atoms with E-state index in [1.165, 1.54) is 42.5 Å². The quantitative estimate of drug-likeness (QED) is 0.503. The van der Waals surface area contributed by atoms with Gasteiger partial charge in [0.1, 0.15) is 5.75 Å². The molecule has 2 heteroatoms. The molecule has 0 bridgehead atoms. The van der Waals surface area contributed by atoms with Gasteiger partial charge in [-0.2, -0.15) is 0 Å². The second kappa shape index (κ2) is 33.7. The van der Waals surface area contributed by atoms with Crippen molar-refractivity contribution in [2.75, 3.05) is 19.5 Å². The molecule has 0 aliphatic rings. The van der Waals surface area contributed by atoms with Crippen molar-refractivity contribution in [3.8, 4) is 5.75 Å². The summed E-state index contributed by atoms with van der Waals surface area (Å²) >= 11 is 0. The third-order valence-electron chi connectivity index (χ3n) is 3.22. The number of rotatable bonds is 4. The monoisotopic (exact) mass is 447 g/mol. The molecule has 32 heavy (non-hydrogen) atoms. The van der Waals surface area contributed by atoms with E-state index in [2.05, 4.69) is 111 Å². The first-order valence-electron chi connectivity index (χ1n) is 12.8. The second-order valence-electron chi connectivity index (χ2n) is 7.33. The third kappa shape index (κ3) is 30.2. The van der Waals surface area contributed by atoms with Gasteiger partial charge in [0, 0.05) is 12.7 Å². The topological polar surface area (TPSA) is 21.3 Å². The second-order valence-corrected chi connectivity index (χ2v) is 7.33. The molecule has 2 rings (SSSR count).